The molecule has 3 aliphatic heterocycles. The molecule has 364 valence electrons. The molecule has 5 amide bonds. The fourth-order valence-electron chi connectivity index (χ4n) is 9.47. The second kappa shape index (κ2) is 20.6. The van der Waals surface area contributed by atoms with Crippen molar-refractivity contribution in [2.45, 2.75) is 129 Å². The molecule has 3 aromatic rings. The highest BCUT2D eigenvalue weighted by Crippen LogP contribution is 2.48. The molecule has 67 heavy (non-hydrogen) atoms. The molecule has 0 aromatic heterocycles. The van der Waals surface area contributed by atoms with Gasteiger partial charge in [-0.15, -0.1) is 0 Å². The van der Waals surface area contributed by atoms with Crippen LogP contribution in [0.15, 0.2) is 72.8 Å². The molecular formula is C49H64F3N7O8. The molecule has 0 saturated carbocycles. The lowest BCUT2D eigenvalue weighted by atomic mass is 9.85. The summed E-state index contributed by atoms with van der Waals surface area (Å²) >= 11 is 0. The van der Waals surface area contributed by atoms with Gasteiger partial charge in [0, 0.05) is 30.2 Å². The summed E-state index contributed by atoms with van der Waals surface area (Å²) in [7, 11) is 2.47. The summed E-state index contributed by atoms with van der Waals surface area (Å²) < 4.78 is 50.6. The second-order valence-corrected chi connectivity index (χ2v) is 19.7. The number of nitrogens with zero attached hydrogens (tertiary/aromatic N) is 3. The largest absolute Gasteiger partial charge is 0.453 e. The van der Waals surface area contributed by atoms with Gasteiger partial charge in [-0.25, -0.2) is 9.59 Å². The van der Waals surface area contributed by atoms with Gasteiger partial charge in [0.05, 0.1) is 44.0 Å². The number of halogens is 3. The summed E-state index contributed by atoms with van der Waals surface area (Å²) in [6, 6.07) is 16.2. The lowest BCUT2D eigenvalue weighted by Gasteiger charge is -2.40. The topological polar surface area (TPSA) is 182 Å². The summed E-state index contributed by atoms with van der Waals surface area (Å²) in [5, 5.41) is 22.7. The third kappa shape index (κ3) is 11.8. The van der Waals surface area contributed by atoms with Gasteiger partial charge >= 0.3 is 18.4 Å². The maximum atomic E-state index is 13.7. The predicted molar refractivity (Wildman–Crippen MR) is 247 cm³/mol. The average Bonchev–Trinajstić information content (AvgIpc) is 4.07. The third-order valence-electron chi connectivity index (χ3n) is 13.0. The minimum Gasteiger partial charge on any atom is -0.453 e. The number of benzene rings is 3. The molecule has 7 atom stereocenters. The van der Waals surface area contributed by atoms with E-state index in [0.29, 0.717) is 68.7 Å². The number of anilines is 3. The monoisotopic (exact) mass is 935 g/mol. The molecule has 18 heteroatoms. The number of ether oxygens (including phenoxy) is 2. The van der Waals surface area contributed by atoms with E-state index in [0.717, 1.165) is 23.3 Å². The van der Waals surface area contributed by atoms with E-state index < -0.39 is 65.2 Å². The van der Waals surface area contributed by atoms with E-state index in [4.69, 9.17) is 9.47 Å². The van der Waals surface area contributed by atoms with Crippen molar-refractivity contribution in [3.05, 3.63) is 89.5 Å². The number of methoxy groups -OCH3 is 2. The van der Waals surface area contributed by atoms with Gasteiger partial charge in [0.25, 0.3) is 0 Å². The Hall–Kier alpha value is -5.88. The standard InChI is InChI=1S/C49H64F3N7O8/c1-47(2,3)39(55-45(64)66-7)43(62)57-27-9-11-37(57)41(60)53-32-19-13-29(14-20-32)35-25-26-36(59(35)34-23-17-31(18-24-34)49(50,51)52)30-15-21-33(22-16-30)54-42(61)38-12-10-28-58(38)44(63)40(48(4,5)6)56-46(65)67-8/h13-24,35-40,43,62H,9-12,25-28H2,1-8H3,(H,53,60)(H,54,61)(H,55,64)(H,56,65)/t35-,36-,37+,38+,39-,40-,43?/m1/s1. The zero-order valence-electron chi connectivity index (χ0n) is 39.4. The Kier molecular flexibility index (Phi) is 15.5. The number of aliphatic hydroxyl groups excluding tert-OH is 1. The van der Waals surface area contributed by atoms with Gasteiger partial charge in [-0.2, -0.15) is 13.2 Å². The minimum absolute atomic E-state index is 0.250. The average molecular weight is 936 g/mol. The Labute approximate surface area is 390 Å². The molecule has 3 saturated heterocycles. The summed E-state index contributed by atoms with van der Waals surface area (Å²) in [5.74, 6) is -1.05. The molecule has 0 spiro atoms. The highest BCUT2D eigenvalue weighted by atomic mass is 19.4. The molecule has 1 unspecified atom stereocenters. The van der Waals surface area contributed by atoms with Gasteiger partial charge in [0.2, 0.25) is 17.7 Å². The van der Waals surface area contributed by atoms with Crippen molar-refractivity contribution >= 4 is 47.0 Å². The number of hydrogen-bond acceptors (Lipinski definition) is 10. The van der Waals surface area contributed by atoms with Crippen LogP contribution in [0.1, 0.15) is 109 Å². The smallest absolute Gasteiger partial charge is 0.416 e. The molecule has 3 fully saturated rings. The highest BCUT2D eigenvalue weighted by Gasteiger charge is 2.44. The molecule has 6 rings (SSSR count). The molecule has 0 aliphatic carbocycles. The van der Waals surface area contributed by atoms with E-state index in [9.17, 15) is 42.3 Å². The van der Waals surface area contributed by atoms with Crippen LogP contribution in [0.3, 0.4) is 0 Å². The van der Waals surface area contributed by atoms with E-state index in [1.807, 2.05) is 65.8 Å². The fourth-order valence-corrected chi connectivity index (χ4v) is 9.47. The SMILES string of the molecule is COC(=O)N[C@H](C(=O)N1CCC[C@H]1C(=O)Nc1ccc([C@H]2CC[C@H](c3ccc(NC(=O)[C@@H]4CCCN4C(O)[C@@H](NC(=O)OC)C(C)(C)C)cc3)N2c2ccc(C(F)(F)F)cc2)cc1)C(C)(C)C. The van der Waals surface area contributed by atoms with Crippen molar-refractivity contribution in [1.82, 2.24) is 20.4 Å². The Morgan fingerprint density at radius 3 is 1.60 bits per heavy atom. The van der Waals surface area contributed by atoms with Crippen LogP contribution in [0, 0.1) is 10.8 Å². The van der Waals surface area contributed by atoms with Crippen LogP contribution >= 0.6 is 0 Å². The summed E-state index contributed by atoms with van der Waals surface area (Å²) in [6.07, 6.45) is -3.56. The van der Waals surface area contributed by atoms with Crippen LogP contribution in [0.5, 0.6) is 0 Å². The molecular weight excluding hydrogens is 872 g/mol. The minimum atomic E-state index is -4.51. The van der Waals surface area contributed by atoms with Crippen LogP contribution in [0.25, 0.3) is 0 Å². The van der Waals surface area contributed by atoms with Crippen LogP contribution in [0.2, 0.25) is 0 Å². The van der Waals surface area contributed by atoms with Crippen LogP contribution in [-0.4, -0.2) is 103 Å². The van der Waals surface area contributed by atoms with Gasteiger partial charge in [-0.3, -0.25) is 19.3 Å². The van der Waals surface area contributed by atoms with Crippen molar-refractivity contribution in [2.24, 2.45) is 10.8 Å². The zero-order chi connectivity index (χ0) is 49.0. The number of aliphatic hydroxyl groups is 1. The number of likely N-dealkylation sites (tertiary alicyclic amines) is 2. The first-order chi connectivity index (χ1) is 31.5. The lowest BCUT2D eigenvalue weighted by Crippen LogP contribution is -2.59. The number of rotatable bonds is 12. The van der Waals surface area contributed by atoms with Gasteiger partial charge in [0.15, 0.2) is 0 Å². The number of carbonyl (C=O) groups is 5. The summed E-state index contributed by atoms with van der Waals surface area (Å²) in [6.45, 7) is 11.9. The van der Waals surface area contributed by atoms with E-state index in [2.05, 4.69) is 26.2 Å². The maximum Gasteiger partial charge on any atom is 0.416 e. The number of alkyl halides is 3. The number of alkyl carbamates (subject to hydrolysis) is 2. The first-order valence-electron chi connectivity index (χ1n) is 22.7. The number of hydrogen-bond donors (Lipinski definition) is 5. The maximum absolute atomic E-state index is 13.7. The first kappa shape index (κ1) is 50.5. The number of amides is 5. The van der Waals surface area contributed by atoms with Crippen molar-refractivity contribution in [1.29, 1.82) is 0 Å². The van der Waals surface area contributed by atoms with Crippen molar-refractivity contribution < 1.29 is 51.7 Å². The molecule has 5 N–H and O–H groups in total. The Bertz CT molecular complexity index is 2230. The third-order valence-corrected chi connectivity index (χ3v) is 13.0. The van der Waals surface area contributed by atoms with Crippen LogP contribution < -0.4 is 26.2 Å². The predicted octanol–water partition coefficient (Wildman–Crippen LogP) is 7.98. The van der Waals surface area contributed by atoms with E-state index in [-0.39, 0.29) is 29.8 Å². The zero-order valence-corrected chi connectivity index (χ0v) is 39.4. The Morgan fingerprint density at radius 1 is 0.642 bits per heavy atom. The molecule has 3 heterocycles. The van der Waals surface area contributed by atoms with Crippen molar-refractivity contribution in [2.75, 3.05) is 42.8 Å². The van der Waals surface area contributed by atoms with Gasteiger partial charge in [-0.1, -0.05) is 65.8 Å². The number of nitrogens with one attached hydrogen (secondary N) is 4. The Morgan fingerprint density at radius 2 is 1.12 bits per heavy atom. The second-order valence-electron chi connectivity index (χ2n) is 19.7. The quantitative estimate of drug-likeness (QED) is 0.120. The Balaban J connectivity index is 1.18. The van der Waals surface area contributed by atoms with Crippen LogP contribution in [-0.2, 0) is 30.0 Å². The van der Waals surface area contributed by atoms with Gasteiger partial charge in [0.1, 0.15) is 18.3 Å². The molecule has 3 aliphatic rings. The number of carbonyl (C=O) groups excluding carboxylic acids is 5. The van der Waals surface area contributed by atoms with Crippen molar-refractivity contribution in [3.8, 4) is 0 Å². The first-order valence-corrected chi connectivity index (χ1v) is 22.7. The van der Waals surface area contributed by atoms with E-state index in [1.54, 1.807) is 29.2 Å². The summed E-state index contributed by atoms with van der Waals surface area (Å²) in [5.41, 5.74) is 1.40. The van der Waals surface area contributed by atoms with Gasteiger partial charge < -0.3 is 45.6 Å². The fraction of sp³-hybridized carbons (Fsp3) is 0.531. The molecule has 15 nitrogen and oxygen atoms in total. The van der Waals surface area contributed by atoms with E-state index >= 15 is 0 Å². The normalized spacial score (nSPS) is 21.6. The molecule has 0 radical (unpaired) electrons. The van der Waals surface area contributed by atoms with Crippen LogP contribution in [0.4, 0.5) is 39.8 Å². The van der Waals surface area contributed by atoms with Gasteiger partial charge in [-0.05, 0) is 109 Å². The highest BCUT2D eigenvalue weighted by molar-refractivity contribution is 5.99. The molecule has 3 aromatic carbocycles. The van der Waals surface area contributed by atoms with E-state index in [1.165, 1.54) is 31.3 Å². The lowest BCUT2D eigenvalue weighted by molar-refractivity contribution is -0.140. The molecule has 0 bridgehead atoms. The van der Waals surface area contributed by atoms with Crippen molar-refractivity contribution in [3.63, 3.8) is 0 Å². The summed E-state index contributed by atoms with van der Waals surface area (Å²) in [4.78, 5) is 70.7.